The Kier molecular flexibility index (Phi) is 3.25. The number of aliphatic carboxylic acids is 1. The molecule has 0 unspecified atom stereocenters. The zero-order valence-electron chi connectivity index (χ0n) is 11.0. The van der Waals surface area contributed by atoms with Crippen LogP contribution in [0, 0.1) is 0 Å². The predicted octanol–water partition coefficient (Wildman–Crippen LogP) is 1.77. The van der Waals surface area contributed by atoms with E-state index in [0.717, 1.165) is 5.56 Å². The molecule has 1 N–H and O–H groups in total. The molecule has 0 aliphatic heterocycles. The van der Waals surface area contributed by atoms with Crippen molar-refractivity contribution in [2.24, 2.45) is 0 Å². The molecule has 0 radical (unpaired) electrons. The van der Waals surface area contributed by atoms with E-state index in [0.29, 0.717) is 11.4 Å². The Hall–Kier alpha value is -2.37. The van der Waals surface area contributed by atoms with Crippen LogP contribution in [0.3, 0.4) is 0 Å². The zero-order valence-corrected chi connectivity index (χ0v) is 11.0. The number of methoxy groups -OCH3 is 1. The van der Waals surface area contributed by atoms with Gasteiger partial charge in [-0.15, -0.1) is 5.10 Å². The minimum atomic E-state index is -1.17. The highest BCUT2D eigenvalue weighted by Gasteiger charge is 2.32. The zero-order chi connectivity index (χ0) is 14.0. The van der Waals surface area contributed by atoms with Gasteiger partial charge in [0, 0.05) is 5.56 Å². The molecule has 0 aliphatic rings. The predicted molar refractivity (Wildman–Crippen MR) is 69.0 cm³/mol. The highest BCUT2D eigenvalue weighted by molar-refractivity contribution is 5.77. The Labute approximate surface area is 110 Å². The first kappa shape index (κ1) is 13.1. The van der Waals surface area contributed by atoms with Gasteiger partial charge in [-0.1, -0.05) is 17.3 Å². The third-order valence-electron chi connectivity index (χ3n) is 2.97. The number of ether oxygens (including phenoxy) is 1. The molecule has 1 heterocycles. The van der Waals surface area contributed by atoms with Crippen molar-refractivity contribution in [3.63, 3.8) is 0 Å². The molecule has 0 fully saturated rings. The maximum Gasteiger partial charge on any atom is 0.331 e. The Morgan fingerprint density at radius 1 is 1.42 bits per heavy atom. The summed E-state index contributed by atoms with van der Waals surface area (Å²) in [4.78, 5) is 11.3. The standard InChI is InChI=1S/C13H15N3O3/c1-13(2,12(17)18)16-11(8-14-15-16)9-5-4-6-10(7-9)19-3/h4-8H,1-3H3,(H,17,18). The average molecular weight is 261 g/mol. The number of rotatable bonds is 4. The van der Waals surface area contributed by atoms with E-state index in [2.05, 4.69) is 10.3 Å². The maximum atomic E-state index is 11.3. The first-order valence-corrected chi connectivity index (χ1v) is 5.76. The van der Waals surface area contributed by atoms with Gasteiger partial charge in [0.2, 0.25) is 0 Å². The van der Waals surface area contributed by atoms with Crippen LogP contribution in [-0.4, -0.2) is 33.2 Å². The lowest BCUT2D eigenvalue weighted by atomic mass is 10.0. The monoisotopic (exact) mass is 261 g/mol. The number of hydrogen-bond acceptors (Lipinski definition) is 4. The fourth-order valence-electron chi connectivity index (χ4n) is 1.72. The molecule has 100 valence electrons. The van der Waals surface area contributed by atoms with Gasteiger partial charge >= 0.3 is 5.97 Å². The van der Waals surface area contributed by atoms with Crippen molar-refractivity contribution in [2.75, 3.05) is 7.11 Å². The minimum Gasteiger partial charge on any atom is -0.497 e. The summed E-state index contributed by atoms with van der Waals surface area (Å²) in [7, 11) is 1.58. The highest BCUT2D eigenvalue weighted by Crippen LogP contribution is 2.27. The van der Waals surface area contributed by atoms with Gasteiger partial charge in [0.15, 0.2) is 5.54 Å². The molecule has 19 heavy (non-hydrogen) atoms. The fourth-order valence-corrected chi connectivity index (χ4v) is 1.72. The number of benzene rings is 1. The van der Waals surface area contributed by atoms with Gasteiger partial charge in [-0.2, -0.15) is 0 Å². The summed E-state index contributed by atoms with van der Waals surface area (Å²) < 4.78 is 6.55. The van der Waals surface area contributed by atoms with Crippen LogP contribution in [0.5, 0.6) is 5.75 Å². The number of carboxylic acid groups (broad SMARTS) is 1. The number of carbonyl (C=O) groups is 1. The largest absolute Gasteiger partial charge is 0.497 e. The van der Waals surface area contributed by atoms with E-state index in [9.17, 15) is 9.90 Å². The second kappa shape index (κ2) is 4.72. The smallest absolute Gasteiger partial charge is 0.331 e. The van der Waals surface area contributed by atoms with Crippen molar-refractivity contribution in [1.82, 2.24) is 15.0 Å². The molecule has 6 nitrogen and oxygen atoms in total. The lowest BCUT2D eigenvalue weighted by Gasteiger charge is -2.21. The average Bonchev–Trinajstić information content (AvgIpc) is 2.88. The van der Waals surface area contributed by atoms with Crippen molar-refractivity contribution in [3.8, 4) is 17.0 Å². The second-order valence-electron chi connectivity index (χ2n) is 4.63. The molecule has 0 amide bonds. The topological polar surface area (TPSA) is 77.2 Å². The van der Waals surface area contributed by atoms with Crippen molar-refractivity contribution < 1.29 is 14.6 Å². The number of aromatic nitrogens is 3. The van der Waals surface area contributed by atoms with Gasteiger partial charge in [-0.05, 0) is 26.0 Å². The Balaban J connectivity index is 2.53. The molecular weight excluding hydrogens is 246 g/mol. The SMILES string of the molecule is COc1cccc(-c2cnnn2C(C)(C)C(=O)O)c1. The normalized spacial score (nSPS) is 11.3. The Morgan fingerprint density at radius 2 is 2.16 bits per heavy atom. The van der Waals surface area contributed by atoms with Crippen LogP contribution in [0.1, 0.15) is 13.8 Å². The van der Waals surface area contributed by atoms with Gasteiger partial charge < -0.3 is 9.84 Å². The highest BCUT2D eigenvalue weighted by atomic mass is 16.5. The number of carboxylic acids is 1. The van der Waals surface area contributed by atoms with E-state index in [1.54, 1.807) is 27.2 Å². The van der Waals surface area contributed by atoms with E-state index < -0.39 is 11.5 Å². The minimum absolute atomic E-state index is 0.631. The lowest BCUT2D eigenvalue weighted by molar-refractivity contribution is -0.146. The molecule has 1 aromatic heterocycles. The van der Waals surface area contributed by atoms with E-state index in [-0.39, 0.29) is 0 Å². The summed E-state index contributed by atoms with van der Waals surface area (Å²) >= 11 is 0. The molecule has 0 saturated carbocycles. The summed E-state index contributed by atoms with van der Waals surface area (Å²) in [5.41, 5.74) is 0.263. The maximum absolute atomic E-state index is 11.3. The lowest BCUT2D eigenvalue weighted by Crippen LogP contribution is -2.37. The van der Waals surface area contributed by atoms with Crippen LogP contribution in [-0.2, 0) is 10.3 Å². The van der Waals surface area contributed by atoms with Crippen LogP contribution in [0.4, 0.5) is 0 Å². The summed E-state index contributed by atoms with van der Waals surface area (Å²) in [6.07, 6.45) is 1.54. The second-order valence-corrected chi connectivity index (χ2v) is 4.63. The Morgan fingerprint density at radius 3 is 2.79 bits per heavy atom. The Bertz CT molecular complexity index is 605. The summed E-state index contributed by atoms with van der Waals surface area (Å²) in [5, 5.41) is 17.0. The third kappa shape index (κ3) is 2.29. The van der Waals surface area contributed by atoms with Crippen LogP contribution >= 0.6 is 0 Å². The molecule has 0 saturated heterocycles. The van der Waals surface area contributed by atoms with Gasteiger partial charge in [-0.25, -0.2) is 9.48 Å². The van der Waals surface area contributed by atoms with Crippen molar-refractivity contribution >= 4 is 5.97 Å². The van der Waals surface area contributed by atoms with Crippen LogP contribution in [0.2, 0.25) is 0 Å². The van der Waals surface area contributed by atoms with E-state index in [1.165, 1.54) is 4.68 Å². The number of nitrogens with zero attached hydrogens (tertiary/aromatic N) is 3. The van der Waals surface area contributed by atoms with Gasteiger partial charge in [0.25, 0.3) is 0 Å². The summed E-state index contributed by atoms with van der Waals surface area (Å²) in [5.74, 6) is -0.277. The van der Waals surface area contributed by atoms with E-state index in [1.807, 2.05) is 24.3 Å². The first-order chi connectivity index (χ1) is 8.96. The molecular formula is C13H15N3O3. The molecule has 2 aromatic rings. The van der Waals surface area contributed by atoms with Crippen LogP contribution < -0.4 is 4.74 Å². The van der Waals surface area contributed by atoms with Crippen LogP contribution in [0.25, 0.3) is 11.3 Å². The van der Waals surface area contributed by atoms with Gasteiger partial charge in [-0.3, -0.25) is 0 Å². The van der Waals surface area contributed by atoms with E-state index in [4.69, 9.17) is 4.74 Å². The summed E-state index contributed by atoms with van der Waals surface area (Å²) in [6, 6.07) is 7.32. The molecule has 0 spiro atoms. The molecule has 1 aromatic carbocycles. The quantitative estimate of drug-likeness (QED) is 0.907. The summed E-state index contributed by atoms with van der Waals surface area (Å²) in [6.45, 7) is 3.15. The van der Waals surface area contributed by atoms with Gasteiger partial charge in [0.1, 0.15) is 5.75 Å². The van der Waals surface area contributed by atoms with Crippen molar-refractivity contribution in [1.29, 1.82) is 0 Å². The number of hydrogen-bond donors (Lipinski definition) is 1. The van der Waals surface area contributed by atoms with Crippen molar-refractivity contribution in [3.05, 3.63) is 30.5 Å². The molecule has 0 aliphatic carbocycles. The van der Waals surface area contributed by atoms with Crippen LogP contribution in [0.15, 0.2) is 30.5 Å². The van der Waals surface area contributed by atoms with Gasteiger partial charge in [0.05, 0.1) is 19.0 Å². The first-order valence-electron chi connectivity index (χ1n) is 5.76. The molecule has 0 bridgehead atoms. The molecule has 6 heteroatoms. The fraction of sp³-hybridized carbons (Fsp3) is 0.308. The van der Waals surface area contributed by atoms with E-state index >= 15 is 0 Å². The third-order valence-corrected chi connectivity index (χ3v) is 2.97. The molecule has 0 atom stereocenters. The molecule has 2 rings (SSSR count). The van der Waals surface area contributed by atoms with Crippen molar-refractivity contribution in [2.45, 2.75) is 19.4 Å².